The van der Waals surface area contributed by atoms with Crippen LogP contribution in [0.2, 0.25) is 0 Å². The molecule has 1 spiro atoms. The highest BCUT2D eigenvalue weighted by atomic mass is 32.2. The van der Waals surface area contributed by atoms with E-state index in [4.69, 9.17) is 9.47 Å². The summed E-state index contributed by atoms with van der Waals surface area (Å²) in [5.74, 6) is 0. The van der Waals surface area contributed by atoms with Crippen LogP contribution in [-0.2, 0) is 15.7 Å². The summed E-state index contributed by atoms with van der Waals surface area (Å²) in [7, 11) is 0. The zero-order valence-corrected chi connectivity index (χ0v) is 15.4. The van der Waals surface area contributed by atoms with Gasteiger partial charge in [-0.3, -0.25) is 4.90 Å². The van der Waals surface area contributed by atoms with Crippen LogP contribution in [0.1, 0.15) is 11.4 Å². The Morgan fingerprint density at radius 2 is 2.00 bits per heavy atom. The Morgan fingerprint density at radius 3 is 2.62 bits per heavy atom. The second-order valence-electron chi connectivity index (χ2n) is 7.40. The summed E-state index contributed by atoms with van der Waals surface area (Å²) in [6.45, 7) is 8.59. The first-order valence-electron chi connectivity index (χ1n) is 8.73. The second kappa shape index (κ2) is 6.94. The minimum atomic E-state index is -4.39. The Hall–Kier alpha value is -0.870. The standard InChI is InChI=1S/C17H22F3N3O2S/c1-12-14(2-3-15(21-12)17(18,19)20)26-23-10-16(11-23)8-22(9-16)6-13-7-24-4-5-25-13/h2-3,13H,4-11H2,1H3. The highest BCUT2D eigenvalue weighted by molar-refractivity contribution is 7.97. The van der Waals surface area contributed by atoms with Gasteiger partial charge in [0.05, 0.1) is 31.6 Å². The van der Waals surface area contributed by atoms with Gasteiger partial charge in [0.15, 0.2) is 0 Å². The van der Waals surface area contributed by atoms with Crippen LogP contribution in [0.4, 0.5) is 13.2 Å². The predicted octanol–water partition coefficient (Wildman–Crippen LogP) is 2.45. The van der Waals surface area contributed by atoms with Gasteiger partial charge in [0.1, 0.15) is 5.69 Å². The van der Waals surface area contributed by atoms with Gasteiger partial charge < -0.3 is 9.47 Å². The molecule has 5 nitrogen and oxygen atoms in total. The van der Waals surface area contributed by atoms with Gasteiger partial charge in [0, 0.05) is 43.0 Å². The van der Waals surface area contributed by atoms with E-state index in [-0.39, 0.29) is 6.10 Å². The number of hydrogen-bond acceptors (Lipinski definition) is 6. The van der Waals surface area contributed by atoms with E-state index in [0.717, 1.165) is 43.7 Å². The highest BCUT2D eigenvalue weighted by Gasteiger charge is 2.52. The molecule has 0 radical (unpaired) electrons. The summed E-state index contributed by atoms with van der Waals surface area (Å²) < 4.78 is 51.4. The third-order valence-electron chi connectivity index (χ3n) is 5.04. The summed E-state index contributed by atoms with van der Waals surface area (Å²) >= 11 is 1.51. The van der Waals surface area contributed by atoms with Crippen molar-refractivity contribution >= 4 is 11.9 Å². The molecule has 1 unspecified atom stereocenters. The maximum atomic E-state index is 12.7. The molecule has 144 valence electrons. The Bertz CT molecular complexity index is 653. The van der Waals surface area contributed by atoms with Gasteiger partial charge in [0.25, 0.3) is 0 Å². The number of pyridine rings is 1. The van der Waals surface area contributed by atoms with E-state index in [1.807, 2.05) is 0 Å². The molecule has 1 atom stereocenters. The molecule has 9 heteroatoms. The van der Waals surface area contributed by atoms with Gasteiger partial charge in [-0.2, -0.15) is 13.2 Å². The topological polar surface area (TPSA) is 37.8 Å². The van der Waals surface area contributed by atoms with E-state index >= 15 is 0 Å². The van der Waals surface area contributed by atoms with E-state index < -0.39 is 11.9 Å². The molecule has 3 aliphatic heterocycles. The number of ether oxygens (including phenoxy) is 2. The van der Waals surface area contributed by atoms with E-state index in [9.17, 15) is 13.2 Å². The molecule has 0 amide bonds. The van der Waals surface area contributed by atoms with Crippen molar-refractivity contribution in [3.63, 3.8) is 0 Å². The third kappa shape index (κ3) is 3.87. The summed E-state index contributed by atoms with van der Waals surface area (Å²) in [6, 6.07) is 2.58. The molecule has 0 N–H and O–H groups in total. The lowest BCUT2D eigenvalue weighted by molar-refractivity contribution is -0.141. The fourth-order valence-corrected chi connectivity index (χ4v) is 5.13. The first-order valence-corrected chi connectivity index (χ1v) is 9.50. The molecule has 0 aliphatic carbocycles. The Balaban J connectivity index is 1.23. The van der Waals surface area contributed by atoms with Crippen molar-refractivity contribution in [2.45, 2.75) is 24.1 Å². The van der Waals surface area contributed by atoms with E-state index in [0.29, 0.717) is 30.9 Å². The number of aryl methyl sites for hydroxylation is 1. The summed E-state index contributed by atoms with van der Waals surface area (Å²) in [5, 5.41) is 0. The predicted molar refractivity (Wildman–Crippen MR) is 90.8 cm³/mol. The van der Waals surface area contributed by atoms with Crippen LogP contribution in [0, 0.1) is 12.3 Å². The lowest BCUT2D eigenvalue weighted by atomic mass is 9.74. The van der Waals surface area contributed by atoms with Crippen LogP contribution in [0.5, 0.6) is 0 Å². The van der Waals surface area contributed by atoms with Crippen LogP contribution >= 0.6 is 11.9 Å². The van der Waals surface area contributed by atoms with Gasteiger partial charge >= 0.3 is 6.18 Å². The number of likely N-dealkylation sites (tertiary alicyclic amines) is 1. The molecule has 4 rings (SSSR count). The number of hydrogen-bond donors (Lipinski definition) is 0. The van der Waals surface area contributed by atoms with Crippen molar-refractivity contribution in [3.05, 3.63) is 23.5 Å². The van der Waals surface area contributed by atoms with Crippen LogP contribution in [-0.4, -0.2) is 72.8 Å². The largest absolute Gasteiger partial charge is 0.433 e. The van der Waals surface area contributed by atoms with Crippen LogP contribution in [0.25, 0.3) is 0 Å². The van der Waals surface area contributed by atoms with Crippen molar-refractivity contribution < 1.29 is 22.6 Å². The number of aromatic nitrogens is 1. The number of rotatable bonds is 4. The molecule has 0 bridgehead atoms. The van der Waals surface area contributed by atoms with E-state index in [1.54, 1.807) is 6.92 Å². The molecule has 3 aliphatic rings. The average molecular weight is 389 g/mol. The van der Waals surface area contributed by atoms with Crippen molar-refractivity contribution in [1.29, 1.82) is 0 Å². The third-order valence-corrected chi connectivity index (χ3v) is 6.19. The van der Waals surface area contributed by atoms with E-state index in [1.165, 1.54) is 18.0 Å². The van der Waals surface area contributed by atoms with Crippen molar-refractivity contribution in [3.8, 4) is 0 Å². The Labute approximate surface area is 155 Å². The maximum absolute atomic E-state index is 12.7. The highest BCUT2D eigenvalue weighted by Crippen LogP contribution is 2.45. The van der Waals surface area contributed by atoms with Gasteiger partial charge in [-0.25, -0.2) is 9.29 Å². The number of halogens is 3. The molecule has 1 aromatic rings. The molecule has 4 heterocycles. The zero-order chi connectivity index (χ0) is 18.4. The summed E-state index contributed by atoms with van der Waals surface area (Å²) in [4.78, 5) is 6.88. The first-order chi connectivity index (χ1) is 12.3. The Kier molecular flexibility index (Phi) is 4.94. The smallest absolute Gasteiger partial charge is 0.376 e. The van der Waals surface area contributed by atoms with Crippen LogP contribution in [0.15, 0.2) is 17.0 Å². The van der Waals surface area contributed by atoms with Crippen molar-refractivity contribution in [2.75, 3.05) is 52.5 Å². The average Bonchev–Trinajstić information content (AvgIpc) is 2.52. The lowest BCUT2D eigenvalue weighted by Gasteiger charge is -2.60. The molecule has 3 saturated heterocycles. The van der Waals surface area contributed by atoms with Crippen LogP contribution in [0.3, 0.4) is 0 Å². The molecule has 0 saturated carbocycles. The van der Waals surface area contributed by atoms with Gasteiger partial charge in [0.2, 0.25) is 0 Å². The second-order valence-corrected chi connectivity index (χ2v) is 8.54. The number of alkyl halides is 3. The van der Waals surface area contributed by atoms with Crippen LogP contribution < -0.4 is 0 Å². The Morgan fingerprint density at radius 1 is 1.23 bits per heavy atom. The minimum absolute atomic E-state index is 0.174. The zero-order valence-electron chi connectivity index (χ0n) is 14.6. The maximum Gasteiger partial charge on any atom is 0.433 e. The molecule has 0 aromatic carbocycles. The molecular formula is C17H22F3N3O2S. The molecule has 3 fully saturated rings. The van der Waals surface area contributed by atoms with E-state index in [2.05, 4.69) is 14.2 Å². The first kappa shape index (κ1) is 18.5. The number of nitrogens with zero attached hydrogens (tertiary/aromatic N) is 3. The monoisotopic (exact) mass is 389 g/mol. The van der Waals surface area contributed by atoms with Gasteiger partial charge in [-0.05, 0) is 31.0 Å². The fraction of sp³-hybridized carbons (Fsp3) is 0.706. The molecular weight excluding hydrogens is 367 g/mol. The molecule has 26 heavy (non-hydrogen) atoms. The van der Waals surface area contributed by atoms with Gasteiger partial charge in [-0.15, -0.1) is 0 Å². The van der Waals surface area contributed by atoms with Crippen molar-refractivity contribution in [2.24, 2.45) is 5.41 Å². The van der Waals surface area contributed by atoms with Crippen molar-refractivity contribution in [1.82, 2.24) is 14.2 Å². The quantitative estimate of drug-likeness (QED) is 0.737. The summed E-state index contributed by atoms with van der Waals surface area (Å²) in [6.07, 6.45) is -4.22. The minimum Gasteiger partial charge on any atom is -0.376 e. The molecule has 1 aromatic heterocycles. The SMILES string of the molecule is Cc1nc(C(F)(F)F)ccc1SN1CC2(CN(CC3COCCO3)C2)C1. The normalized spacial score (nSPS) is 26.5. The van der Waals surface area contributed by atoms with Gasteiger partial charge in [-0.1, -0.05) is 0 Å². The fourth-order valence-electron chi connectivity index (χ4n) is 3.87. The lowest BCUT2D eigenvalue weighted by Crippen LogP contribution is -2.71. The summed E-state index contributed by atoms with van der Waals surface area (Å²) in [5.41, 5.74) is -0.0751.